The molecule has 10 nitrogen and oxygen atoms in total. The molecule has 0 aliphatic heterocycles. The van der Waals surface area contributed by atoms with Crippen molar-refractivity contribution < 1.29 is 39.0 Å². The highest BCUT2D eigenvalue weighted by molar-refractivity contribution is 7.12. The molecule has 4 N–H and O–H groups in total. The highest BCUT2D eigenvalue weighted by atomic mass is 32.1. The van der Waals surface area contributed by atoms with Gasteiger partial charge in [0.05, 0.1) is 16.2 Å². The van der Waals surface area contributed by atoms with Crippen molar-refractivity contribution in [3.05, 3.63) is 207 Å². The Labute approximate surface area is 388 Å². The number of aliphatic carboxylic acids is 2. The van der Waals surface area contributed by atoms with Gasteiger partial charge in [0.2, 0.25) is 0 Å². The second kappa shape index (κ2) is 21.1. The van der Waals surface area contributed by atoms with E-state index in [2.05, 4.69) is 10.6 Å². The summed E-state index contributed by atoms with van der Waals surface area (Å²) in [4.78, 5) is 71.7. The van der Waals surface area contributed by atoms with Gasteiger partial charge in [-0.05, 0) is 105 Å². The summed E-state index contributed by atoms with van der Waals surface area (Å²) in [6.45, 7) is 3.10. The molecule has 1 atom stereocenters. The van der Waals surface area contributed by atoms with Gasteiger partial charge in [-0.1, -0.05) is 140 Å². The van der Waals surface area contributed by atoms with E-state index in [1.807, 2.05) is 114 Å². The van der Waals surface area contributed by atoms with Crippen LogP contribution in [0.2, 0.25) is 0 Å². The van der Waals surface area contributed by atoms with Crippen LogP contribution in [-0.2, 0) is 16.0 Å². The molecule has 0 radical (unpaired) electrons. The first-order valence-electron chi connectivity index (χ1n) is 20.6. The van der Waals surface area contributed by atoms with Gasteiger partial charge >= 0.3 is 11.9 Å². The number of carboxylic acids is 2. The number of anilines is 1. The highest BCUT2D eigenvalue weighted by Gasteiger charge is 2.23. The molecule has 0 bridgehead atoms. The monoisotopic (exact) mass is 910 g/mol. The second-order valence-corrected chi connectivity index (χ2v) is 17.0. The third kappa shape index (κ3) is 11.7. The van der Waals surface area contributed by atoms with Crippen LogP contribution in [0, 0.1) is 0 Å². The summed E-state index contributed by atoms with van der Waals surface area (Å²) >= 11 is 2.64. The van der Waals surface area contributed by atoms with Crippen molar-refractivity contribution in [1.29, 1.82) is 0 Å². The van der Waals surface area contributed by atoms with Crippen LogP contribution >= 0.6 is 22.7 Å². The maximum atomic E-state index is 12.7. The largest absolute Gasteiger partial charge is 0.481 e. The van der Waals surface area contributed by atoms with Crippen LogP contribution in [0.5, 0.6) is 0 Å². The molecule has 2 heterocycles. The average Bonchev–Trinajstić information content (AvgIpc) is 4.04. The smallest absolute Gasteiger partial charge is 0.330 e. The van der Waals surface area contributed by atoms with E-state index >= 15 is 0 Å². The molecule has 6 aromatic carbocycles. The van der Waals surface area contributed by atoms with Gasteiger partial charge in [0, 0.05) is 16.8 Å². The van der Waals surface area contributed by atoms with Gasteiger partial charge in [-0.25, -0.2) is 4.79 Å². The fourth-order valence-corrected chi connectivity index (χ4v) is 8.56. The number of carboxylic acid groups (broad SMARTS) is 2. The lowest BCUT2D eigenvalue weighted by atomic mass is 10.00. The minimum Gasteiger partial charge on any atom is -0.481 e. The second-order valence-electron chi connectivity index (χ2n) is 15.2. The molecule has 0 saturated heterocycles. The Bertz CT molecular complexity index is 3010. The molecule has 0 spiro atoms. The molecule has 0 saturated carbocycles. The van der Waals surface area contributed by atoms with Crippen molar-refractivity contribution in [3.63, 3.8) is 0 Å². The molecule has 0 unspecified atom stereocenters. The SMILES string of the molecule is CC(=O)c1ccc(-c2ccc(-c3csc(C(=O)N[C@H](C(=O)O)c4ccccc4)c3)cc2)cc1.CC(=O)c1ccc(-c2ccc(-c3csc(C(=O)Nc4ccc(CC(=O)O)cc4)c3)cc2)cc1. The summed E-state index contributed by atoms with van der Waals surface area (Å²) < 4.78 is 0. The van der Waals surface area contributed by atoms with E-state index in [1.54, 1.807) is 74.5 Å². The van der Waals surface area contributed by atoms with Crippen LogP contribution in [0.4, 0.5) is 5.69 Å². The summed E-state index contributed by atoms with van der Waals surface area (Å²) in [6.07, 6.45) is -0.0506. The normalized spacial score (nSPS) is 11.1. The highest BCUT2D eigenvalue weighted by Crippen LogP contribution is 2.31. The van der Waals surface area contributed by atoms with Crippen LogP contribution in [-0.4, -0.2) is 45.5 Å². The number of ketones is 2. The van der Waals surface area contributed by atoms with Crippen molar-refractivity contribution in [3.8, 4) is 44.5 Å². The third-order valence-electron chi connectivity index (χ3n) is 10.6. The lowest BCUT2D eigenvalue weighted by Gasteiger charge is -2.14. The average molecular weight is 911 g/mol. The number of amides is 2. The predicted octanol–water partition coefficient (Wildman–Crippen LogP) is 12.0. The molecule has 0 aliphatic carbocycles. The van der Waals surface area contributed by atoms with Crippen LogP contribution in [0.25, 0.3) is 44.5 Å². The Morgan fingerprint density at radius 1 is 0.485 bits per heavy atom. The molecule has 66 heavy (non-hydrogen) atoms. The maximum Gasteiger partial charge on any atom is 0.330 e. The molecule has 328 valence electrons. The molecule has 12 heteroatoms. The van der Waals surface area contributed by atoms with Gasteiger partial charge in [-0.2, -0.15) is 0 Å². The number of carbonyl (C=O) groups is 6. The minimum atomic E-state index is -1.11. The van der Waals surface area contributed by atoms with Gasteiger partial charge in [0.25, 0.3) is 11.8 Å². The van der Waals surface area contributed by atoms with Crippen LogP contribution in [0.15, 0.2) is 175 Å². The summed E-state index contributed by atoms with van der Waals surface area (Å²) in [5.74, 6) is -2.56. The molecule has 0 fully saturated rings. The number of benzene rings is 6. The zero-order chi connectivity index (χ0) is 46.7. The Hall–Kier alpha value is -8.06. The first-order valence-corrected chi connectivity index (χ1v) is 22.4. The van der Waals surface area contributed by atoms with E-state index < -0.39 is 23.9 Å². The van der Waals surface area contributed by atoms with Crippen molar-refractivity contribution in [2.75, 3.05) is 5.32 Å². The lowest BCUT2D eigenvalue weighted by molar-refractivity contribution is -0.139. The number of hydrogen-bond donors (Lipinski definition) is 4. The van der Waals surface area contributed by atoms with Crippen LogP contribution in [0.1, 0.15) is 71.1 Å². The van der Waals surface area contributed by atoms with Gasteiger partial charge in [-0.15, -0.1) is 22.7 Å². The molecular weight excluding hydrogens is 869 g/mol. The standard InChI is InChI=1S/2C27H21NO4S/c1-17(29)19-4-6-20(7-5-19)21-8-10-22(11-9-21)23-15-25(33-16-23)27(32)28-24-12-2-18(3-13-24)14-26(30)31;1-17(29)18-7-9-19(10-8-18)20-11-13-21(14-12-20)23-15-24(33-16-23)26(30)28-25(27(31)32)22-5-3-2-4-6-22/h2-13,15-16H,14H2,1H3,(H,28,32)(H,30,31);2-16,25H,1H3,(H,28,30)(H,31,32)/t;25-/m.0/s1. The quantitative estimate of drug-likeness (QED) is 0.0782. The molecule has 8 rings (SSSR count). The van der Waals surface area contributed by atoms with E-state index in [0.29, 0.717) is 37.7 Å². The molecular formula is C54H42N2O8S2. The zero-order valence-electron chi connectivity index (χ0n) is 35.7. The number of rotatable bonds is 14. The number of hydrogen-bond acceptors (Lipinski definition) is 8. The lowest BCUT2D eigenvalue weighted by Crippen LogP contribution is -2.33. The Balaban J connectivity index is 0.000000196. The minimum absolute atomic E-state index is 0.0349. The van der Waals surface area contributed by atoms with E-state index in [-0.39, 0.29) is 23.9 Å². The van der Waals surface area contributed by atoms with Gasteiger partial charge < -0.3 is 20.8 Å². The number of Topliss-reactive ketones (excluding diaryl/α,β-unsaturated/α-hetero) is 2. The first kappa shape index (κ1) is 45.9. The van der Waals surface area contributed by atoms with Crippen LogP contribution in [0.3, 0.4) is 0 Å². The fourth-order valence-electron chi connectivity index (χ4n) is 6.93. The summed E-state index contributed by atoms with van der Waals surface area (Å²) in [6, 6.07) is 48.9. The van der Waals surface area contributed by atoms with E-state index in [0.717, 1.165) is 44.5 Å². The van der Waals surface area contributed by atoms with E-state index in [1.165, 1.54) is 22.7 Å². The molecule has 0 aliphatic rings. The van der Waals surface area contributed by atoms with Gasteiger partial charge in [-0.3, -0.25) is 24.0 Å². The number of nitrogens with one attached hydrogen (secondary N) is 2. The zero-order valence-corrected chi connectivity index (χ0v) is 37.3. The fraction of sp³-hybridized carbons (Fsp3) is 0.0741. The van der Waals surface area contributed by atoms with E-state index in [4.69, 9.17) is 5.11 Å². The molecule has 2 amide bonds. The Kier molecular flexibility index (Phi) is 14.7. The predicted molar refractivity (Wildman–Crippen MR) is 260 cm³/mol. The third-order valence-corrected chi connectivity index (χ3v) is 12.4. The van der Waals surface area contributed by atoms with Crippen molar-refractivity contribution in [2.45, 2.75) is 26.3 Å². The van der Waals surface area contributed by atoms with Crippen molar-refractivity contribution >= 4 is 63.7 Å². The van der Waals surface area contributed by atoms with Gasteiger partial charge in [0.1, 0.15) is 0 Å². The molecule has 8 aromatic rings. The van der Waals surface area contributed by atoms with Gasteiger partial charge in [0.15, 0.2) is 17.6 Å². The Morgan fingerprint density at radius 2 is 0.879 bits per heavy atom. The van der Waals surface area contributed by atoms with Crippen molar-refractivity contribution in [2.24, 2.45) is 0 Å². The van der Waals surface area contributed by atoms with Crippen LogP contribution < -0.4 is 10.6 Å². The molecule has 2 aromatic heterocycles. The van der Waals surface area contributed by atoms with Crippen molar-refractivity contribution in [1.82, 2.24) is 5.32 Å². The first-order chi connectivity index (χ1) is 31.8. The maximum absolute atomic E-state index is 12.7. The Morgan fingerprint density at radius 3 is 1.27 bits per heavy atom. The van der Waals surface area contributed by atoms with E-state index in [9.17, 15) is 33.9 Å². The number of thiophene rings is 2. The number of carbonyl (C=O) groups excluding carboxylic acids is 4. The topological polar surface area (TPSA) is 167 Å². The summed E-state index contributed by atoms with van der Waals surface area (Å²) in [5.41, 5.74) is 11.1. The summed E-state index contributed by atoms with van der Waals surface area (Å²) in [7, 11) is 0. The summed E-state index contributed by atoms with van der Waals surface area (Å²) in [5, 5.41) is 27.7.